The van der Waals surface area contributed by atoms with E-state index in [1.807, 2.05) is 6.92 Å². The van der Waals surface area contributed by atoms with Crippen molar-refractivity contribution in [1.82, 2.24) is 0 Å². The maximum Gasteiger partial charge on any atom is 0.264 e. The van der Waals surface area contributed by atoms with Gasteiger partial charge in [0.15, 0.2) is 0 Å². The number of benzene rings is 1. The number of para-hydroxylation sites is 2. The van der Waals surface area contributed by atoms with Crippen LogP contribution in [0.1, 0.15) is 11.8 Å². The zero-order valence-corrected chi connectivity index (χ0v) is 14.4. The molecule has 0 atom stereocenters. The van der Waals surface area contributed by atoms with Crippen molar-refractivity contribution in [2.24, 2.45) is 0 Å². The van der Waals surface area contributed by atoms with Crippen LogP contribution >= 0.6 is 27.3 Å². The highest BCUT2D eigenvalue weighted by molar-refractivity contribution is 9.11. The smallest absolute Gasteiger partial charge is 0.264 e. The van der Waals surface area contributed by atoms with Crippen LogP contribution in [0.3, 0.4) is 0 Å². The second-order valence-corrected chi connectivity index (χ2v) is 8.15. The molecule has 0 aliphatic heterocycles. The topological polar surface area (TPSA) is 75.6 Å². The van der Waals surface area contributed by atoms with Crippen LogP contribution < -0.4 is 9.46 Å². The fraction of sp³-hybridized carbons (Fsp3) is 0.231. The van der Waals surface area contributed by atoms with Crippen molar-refractivity contribution in [3.05, 3.63) is 39.0 Å². The molecule has 0 aliphatic carbocycles. The van der Waals surface area contributed by atoms with Crippen LogP contribution in [0.5, 0.6) is 5.75 Å². The van der Waals surface area contributed by atoms with Crippen molar-refractivity contribution in [2.75, 3.05) is 11.3 Å². The van der Waals surface area contributed by atoms with E-state index in [1.54, 1.807) is 24.3 Å². The molecular weight excluding hydrogens is 378 g/mol. The van der Waals surface area contributed by atoms with Gasteiger partial charge in [0.1, 0.15) is 10.6 Å². The lowest BCUT2D eigenvalue weighted by atomic mass is 10.3. The molecule has 0 saturated carbocycles. The monoisotopic (exact) mass is 391 g/mol. The molecule has 5 nitrogen and oxygen atoms in total. The van der Waals surface area contributed by atoms with Gasteiger partial charge in [0.2, 0.25) is 0 Å². The number of nitrogens with one attached hydrogen (secondary N) is 1. The molecule has 2 aromatic rings. The molecule has 0 fully saturated rings. The molecule has 1 aromatic carbocycles. The van der Waals surface area contributed by atoms with Crippen molar-refractivity contribution in [2.45, 2.75) is 18.4 Å². The molecule has 0 saturated heterocycles. The Kier molecular flexibility index (Phi) is 5.26. The van der Waals surface area contributed by atoms with Crippen LogP contribution in [0.25, 0.3) is 0 Å². The first-order valence-corrected chi connectivity index (χ1v) is 9.21. The third kappa shape index (κ3) is 3.76. The summed E-state index contributed by atoms with van der Waals surface area (Å²) in [7, 11) is -3.75. The van der Waals surface area contributed by atoms with Gasteiger partial charge in [-0.1, -0.05) is 12.1 Å². The molecular formula is C13H14BrNO4S2. The molecule has 114 valence electrons. The Labute approximate surface area is 135 Å². The number of aliphatic hydroxyl groups excluding tert-OH is 1. The number of aliphatic hydroxyl groups is 1. The van der Waals surface area contributed by atoms with Gasteiger partial charge in [0.05, 0.1) is 22.7 Å². The highest BCUT2D eigenvalue weighted by Crippen LogP contribution is 2.34. The van der Waals surface area contributed by atoms with Gasteiger partial charge < -0.3 is 9.84 Å². The molecule has 1 aromatic heterocycles. The Morgan fingerprint density at radius 1 is 1.38 bits per heavy atom. The van der Waals surface area contributed by atoms with Crippen LogP contribution in [-0.4, -0.2) is 20.1 Å². The highest BCUT2D eigenvalue weighted by atomic mass is 79.9. The number of hydrogen-bond donors (Lipinski definition) is 2. The Morgan fingerprint density at radius 2 is 2.10 bits per heavy atom. The number of hydrogen-bond acceptors (Lipinski definition) is 5. The first kappa shape index (κ1) is 16.3. The average Bonchev–Trinajstić information content (AvgIpc) is 2.83. The van der Waals surface area contributed by atoms with E-state index in [9.17, 15) is 8.42 Å². The minimum Gasteiger partial charge on any atom is -0.492 e. The van der Waals surface area contributed by atoms with Crippen LogP contribution in [0.2, 0.25) is 0 Å². The van der Waals surface area contributed by atoms with Crippen LogP contribution in [0, 0.1) is 0 Å². The van der Waals surface area contributed by atoms with Crippen molar-refractivity contribution in [1.29, 1.82) is 0 Å². The molecule has 0 unspecified atom stereocenters. The van der Waals surface area contributed by atoms with Gasteiger partial charge in [0, 0.05) is 4.88 Å². The van der Waals surface area contributed by atoms with E-state index in [2.05, 4.69) is 20.7 Å². The third-order valence-electron chi connectivity index (χ3n) is 2.58. The average molecular weight is 392 g/mol. The maximum atomic E-state index is 12.4. The molecule has 0 radical (unpaired) electrons. The molecule has 0 spiro atoms. The number of thiophene rings is 1. The van der Waals surface area contributed by atoms with Gasteiger partial charge in [-0.2, -0.15) is 0 Å². The summed E-state index contributed by atoms with van der Waals surface area (Å²) in [5.74, 6) is 0.470. The van der Waals surface area contributed by atoms with E-state index in [4.69, 9.17) is 9.84 Å². The zero-order chi connectivity index (χ0) is 15.5. The Balaban J connectivity index is 2.35. The standard InChI is InChI=1S/C13H14BrNO4S2/c1-2-19-11-6-4-3-5-10(11)15-21(17,18)12-7-9(8-16)20-13(12)14/h3-7,15-16H,2,8H2,1H3. The van der Waals surface area contributed by atoms with Gasteiger partial charge in [0.25, 0.3) is 10.0 Å². The number of rotatable bonds is 6. The largest absolute Gasteiger partial charge is 0.492 e. The summed E-state index contributed by atoms with van der Waals surface area (Å²) >= 11 is 4.40. The number of sulfonamides is 1. The summed E-state index contributed by atoms with van der Waals surface area (Å²) in [4.78, 5) is 0.670. The number of ether oxygens (including phenoxy) is 1. The molecule has 2 N–H and O–H groups in total. The van der Waals surface area contributed by atoms with Crippen molar-refractivity contribution < 1.29 is 18.3 Å². The van der Waals surface area contributed by atoms with E-state index in [0.717, 1.165) is 0 Å². The number of halogens is 1. The van der Waals surface area contributed by atoms with Crippen molar-refractivity contribution in [3.63, 3.8) is 0 Å². The third-order valence-corrected chi connectivity index (χ3v) is 6.19. The molecule has 0 amide bonds. The lowest BCUT2D eigenvalue weighted by molar-refractivity contribution is 0.285. The minimum atomic E-state index is -3.75. The highest BCUT2D eigenvalue weighted by Gasteiger charge is 2.22. The van der Waals surface area contributed by atoms with Crippen LogP contribution in [0.4, 0.5) is 5.69 Å². The van der Waals surface area contributed by atoms with E-state index in [1.165, 1.54) is 17.4 Å². The second kappa shape index (κ2) is 6.78. The fourth-order valence-corrected chi connectivity index (χ4v) is 5.31. The van der Waals surface area contributed by atoms with Gasteiger partial charge in [-0.3, -0.25) is 4.72 Å². The summed E-state index contributed by atoms with van der Waals surface area (Å²) in [6, 6.07) is 8.27. The lowest BCUT2D eigenvalue weighted by Crippen LogP contribution is -2.13. The number of anilines is 1. The minimum absolute atomic E-state index is 0.0999. The van der Waals surface area contributed by atoms with Crippen LogP contribution in [-0.2, 0) is 16.6 Å². The lowest BCUT2D eigenvalue weighted by Gasteiger charge is -2.12. The molecule has 8 heteroatoms. The molecule has 0 bridgehead atoms. The van der Waals surface area contributed by atoms with E-state index < -0.39 is 10.0 Å². The SMILES string of the molecule is CCOc1ccccc1NS(=O)(=O)c1cc(CO)sc1Br. The summed E-state index contributed by atoms with van der Waals surface area (Å²) in [5.41, 5.74) is 0.378. The molecule has 21 heavy (non-hydrogen) atoms. The predicted octanol–water partition coefficient (Wildman–Crippen LogP) is 3.20. The first-order valence-electron chi connectivity index (χ1n) is 6.11. The van der Waals surface area contributed by atoms with Gasteiger partial charge in [-0.05, 0) is 41.1 Å². The summed E-state index contributed by atoms with van der Waals surface area (Å²) in [6.45, 7) is 2.07. The zero-order valence-electron chi connectivity index (χ0n) is 11.2. The quantitative estimate of drug-likeness (QED) is 0.792. The Hall–Kier alpha value is -1.09. The van der Waals surface area contributed by atoms with E-state index in [-0.39, 0.29) is 11.5 Å². The molecule has 2 rings (SSSR count). The van der Waals surface area contributed by atoms with E-state index in [0.29, 0.717) is 26.7 Å². The predicted molar refractivity (Wildman–Crippen MR) is 86.4 cm³/mol. The first-order chi connectivity index (χ1) is 9.97. The second-order valence-electron chi connectivity index (χ2n) is 4.04. The Morgan fingerprint density at radius 3 is 2.71 bits per heavy atom. The van der Waals surface area contributed by atoms with E-state index >= 15 is 0 Å². The van der Waals surface area contributed by atoms with Gasteiger partial charge in [-0.25, -0.2) is 8.42 Å². The summed E-state index contributed by atoms with van der Waals surface area (Å²) in [6.07, 6.45) is 0. The Bertz CT molecular complexity index is 728. The summed E-state index contributed by atoms with van der Waals surface area (Å²) < 4.78 is 33.2. The fourth-order valence-electron chi connectivity index (χ4n) is 1.69. The van der Waals surface area contributed by atoms with Crippen molar-refractivity contribution in [3.8, 4) is 5.75 Å². The van der Waals surface area contributed by atoms with Crippen LogP contribution in [0.15, 0.2) is 39.0 Å². The summed E-state index contributed by atoms with van der Waals surface area (Å²) in [5, 5.41) is 9.10. The maximum absolute atomic E-state index is 12.4. The molecule has 1 heterocycles. The van der Waals surface area contributed by atoms with Gasteiger partial charge >= 0.3 is 0 Å². The van der Waals surface area contributed by atoms with Crippen molar-refractivity contribution >= 4 is 43.0 Å². The van der Waals surface area contributed by atoms with Gasteiger partial charge in [-0.15, -0.1) is 11.3 Å². The normalized spacial score (nSPS) is 11.4. The molecule has 0 aliphatic rings.